The van der Waals surface area contributed by atoms with Crippen molar-refractivity contribution in [3.8, 4) is 0 Å². The number of aliphatic hydroxyl groups excluding tert-OH is 1. The molecule has 0 aliphatic carbocycles. The monoisotopic (exact) mass is 568 g/mol. The number of aliphatic hydroxyl groups is 1. The maximum Gasteiger partial charge on any atom is 0.254 e. The Labute approximate surface area is 240 Å². The lowest BCUT2D eigenvalue weighted by Gasteiger charge is -2.33. The van der Waals surface area contributed by atoms with Gasteiger partial charge in [-0.3, -0.25) is 19.2 Å². The number of nitrogens with zero attached hydrogens (tertiary/aromatic N) is 1. The summed E-state index contributed by atoms with van der Waals surface area (Å²) in [4.78, 5) is 52.4. The number of benzene rings is 2. The highest BCUT2D eigenvalue weighted by atomic mass is 32.2. The molecule has 0 radical (unpaired) electrons. The Kier molecular flexibility index (Phi) is 11.2. The number of carbonyl (C=O) groups excluding carboxylic acids is 4. The quantitative estimate of drug-likeness (QED) is 0.291. The molecule has 1 heterocycles. The van der Waals surface area contributed by atoms with E-state index < -0.39 is 28.8 Å². The summed E-state index contributed by atoms with van der Waals surface area (Å²) < 4.78 is -0.576. The Morgan fingerprint density at radius 2 is 1.73 bits per heavy atom. The summed E-state index contributed by atoms with van der Waals surface area (Å²) >= 11 is 1.47. The van der Waals surface area contributed by atoms with Crippen molar-refractivity contribution in [1.29, 1.82) is 0 Å². The smallest absolute Gasteiger partial charge is 0.254 e. The number of thioether (sulfide) groups is 1. The van der Waals surface area contributed by atoms with Gasteiger partial charge in [0.1, 0.15) is 6.04 Å². The molecule has 1 fully saturated rings. The van der Waals surface area contributed by atoms with E-state index in [0.717, 1.165) is 16.7 Å². The lowest BCUT2D eigenvalue weighted by Crippen LogP contribution is -2.58. The molecule has 0 spiro atoms. The topological polar surface area (TPSA) is 128 Å². The summed E-state index contributed by atoms with van der Waals surface area (Å²) in [7, 11) is 0. The van der Waals surface area contributed by atoms with E-state index in [1.54, 1.807) is 0 Å². The van der Waals surface area contributed by atoms with Crippen LogP contribution in [0.2, 0.25) is 0 Å². The van der Waals surface area contributed by atoms with Gasteiger partial charge in [-0.1, -0.05) is 54.6 Å². The highest BCUT2D eigenvalue weighted by Gasteiger charge is 2.49. The van der Waals surface area contributed by atoms with Crippen LogP contribution in [0.5, 0.6) is 0 Å². The van der Waals surface area contributed by atoms with Gasteiger partial charge >= 0.3 is 0 Å². The Morgan fingerprint density at radius 1 is 1.05 bits per heavy atom. The second-order valence-corrected chi connectivity index (χ2v) is 12.2. The minimum absolute atomic E-state index is 0.128. The van der Waals surface area contributed by atoms with Gasteiger partial charge in [0.2, 0.25) is 17.7 Å². The van der Waals surface area contributed by atoms with Crippen molar-refractivity contribution in [2.24, 2.45) is 0 Å². The predicted octanol–water partition coefficient (Wildman–Crippen LogP) is 2.30. The van der Waals surface area contributed by atoms with E-state index in [1.165, 1.54) is 23.6 Å². The molecule has 2 aromatic rings. The third-order valence-corrected chi connectivity index (χ3v) is 8.40. The zero-order chi connectivity index (χ0) is 29.3. The van der Waals surface area contributed by atoms with Crippen molar-refractivity contribution >= 4 is 35.4 Å². The van der Waals surface area contributed by atoms with Crippen LogP contribution in [0.25, 0.3) is 0 Å². The Bertz CT molecular complexity index is 1190. The van der Waals surface area contributed by atoms with E-state index in [9.17, 15) is 24.3 Å². The van der Waals surface area contributed by atoms with E-state index in [0.29, 0.717) is 19.5 Å². The largest absolute Gasteiger partial charge is 0.381 e. The van der Waals surface area contributed by atoms with Crippen LogP contribution in [-0.2, 0) is 32.1 Å². The molecule has 0 aromatic heterocycles. The molecule has 216 valence electrons. The fourth-order valence-corrected chi connectivity index (χ4v) is 5.88. The molecule has 1 saturated heterocycles. The molecule has 3 atom stereocenters. The summed E-state index contributed by atoms with van der Waals surface area (Å²) in [6.45, 7) is 7.89. The van der Waals surface area contributed by atoms with Gasteiger partial charge in [0, 0.05) is 31.2 Å². The molecule has 0 bridgehead atoms. The van der Waals surface area contributed by atoms with E-state index in [-0.39, 0.29) is 36.4 Å². The first kappa shape index (κ1) is 31.2. The molecule has 9 nitrogen and oxygen atoms in total. The maximum atomic E-state index is 13.7. The second-order valence-electron chi connectivity index (χ2n) is 10.6. The van der Waals surface area contributed by atoms with Crippen molar-refractivity contribution in [2.45, 2.75) is 76.4 Å². The van der Waals surface area contributed by atoms with Crippen molar-refractivity contribution in [2.75, 3.05) is 12.4 Å². The Hall–Kier alpha value is -3.37. The van der Waals surface area contributed by atoms with Gasteiger partial charge in [-0.2, -0.15) is 0 Å². The summed E-state index contributed by atoms with van der Waals surface area (Å²) in [6.07, 6.45) is -0.767. The molecule has 4 N–H and O–H groups in total. The molecule has 10 heteroatoms. The van der Waals surface area contributed by atoms with Crippen LogP contribution < -0.4 is 16.0 Å². The van der Waals surface area contributed by atoms with Gasteiger partial charge in [-0.15, -0.1) is 11.8 Å². The van der Waals surface area contributed by atoms with Gasteiger partial charge in [0.05, 0.1) is 11.9 Å². The van der Waals surface area contributed by atoms with Gasteiger partial charge < -0.3 is 26.0 Å². The van der Waals surface area contributed by atoms with Crippen LogP contribution in [0.15, 0.2) is 54.6 Å². The highest BCUT2D eigenvalue weighted by Crippen LogP contribution is 2.40. The van der Waals surface area contributed by atoms with E-state index in [4.69, 9.17) is 0 Å². The van der Waals surface area contributed by atoms with Crippen LogP contribution in [0.4, 0.5) is 0 Å². The van der Waals surface area contributed by atoms with Gasteiger partial charge in [-0.25, -0.2) is 0 Å². The SMILES string of the molecule is CC(=O)NCCCC(=O)N[C@@H](Cc1ccccc1)[C@H](O)C(=O)N1CSC(C)(C)[C@H]1C(=O)NCc1ccccc1C. The predicted molar refractivity (Wildman–Crippen MR) is 156 cm³/mol. The number of aryl methyl sites for hydroxylation is 1. The van der Waals surface area contributed by atoms with Crippen molar-refractivity contribution in [3.05, 3.63) is 71.3 Å². The first-order valence-corrected chi connectivity index (χ1v) is 14.5. The van der Waals surface area contributed by atoms with E-state index in [1.807, 2.05) is 75.4 Å². The first-order chi connectivity index (χ1) is 19.0. The lowest BCUT2D eigenvalue weighted by atomic mass is 9.97. The van der Waals surface area contributed by atoms with E-state index >= 15 is 0 Å². The number of hydrogen-bond donors (Lipinski definition) is 4. The molecular weight excluding hydrogens is 528 g/mol. The normalized spacial score (nSPS) is 17.5. The van der Waals surface area contributed by atoms with Crippen molar-refractivity contribution < 1.29 is 24.3 Å². The summed E-state index contributed by atoms with van der Waals surface area (Å²) in [5.74, 6) is -1.16. The molecule has 0 unspecified atom stereocenters. The number of carbonyl (C=O) groups is 4. The fourth-order valence-electron chi connectivity index (χ4n) is 4.74. The highest BCUT2D eigenvalue weighted by molar-refractivity contribution is 8.00. The third-order valence-electron chi connectivity index (χ3n) is 7.03. The molecule has 4 amide bonds. The minimum Gasteiger partial charge on any atom is -0.381 e. The molecular formula is C30H40N4O5S. The summed E-state index contributed by atoms with van der Waals surface area (Å²) in [5, 5.41) is 19.7. The zero-order valence-electron chi connectivity index (χ0n) is 23.6. The number of hydrogen-bond acceptors (Lipinski definition) is 6. The van der Waals surface area contributed by atoms with Crippen molar-refractivity contribution in [1.82, 2.24) is 20.9 Å². The molecule has 3 rings (SSSR count). The van der Waals surface area contributed by atoms with Crippen LogP contribution in [0.1, 0.15) is 50.3 Å². The van der Waals surface area contributed by atoms with Gasteiger partial charge in [0.25, 0.3) is 5.91 Å². The zero-order valence-corrected chi connectivity index (χ0v) is 24.4. The van der Waals surface area contributed by atoms with Crippen molar-refractivity contribution in [3.63, 3.8) is 0 Å². The lowest BCUT2D eigenvalue weighted by molar-refractivity contribution is -0.147. The Morgan fingerprint density at radius 3 is 2.40 bits per heavy atom. The van der Waals surface area contributed by atoms with Gasteiger partial charge in [-0.05, 0) is 50.3 Å². The van der Waals surface area contributed by atoms with Crippen LogP contribution >= 0.6 is 11.8 Å². The summed E-state index contributed by atoms with van der Waals surface area (Å²) in [6, 6.07) is 15.4. The molecule has 0 saturated carbocycles. The minimum atomic E-state index is -1.55. The second kappa shape index (κ2) is 14.3. The maximum absolute atomic E-state index is 13.7. The average Bonchev–Trinajstić information content (AvgIpc) is 3.24. The fraction of sp³-hybridized carbons (Fsp3) is 0.467. The number of nitrogens with one attached hydrogen (secondary N) is 3. The standard InChI is InChI=1S/C30H40N4O5S/c1-20-11-8-9-14-23(20)18-32-28(38)27-30(3,4)40-19-34(27)29(39)26(37)24(17-22-12-6-5-7-13-22)33-25(36)15-10-16-31-21(2)35/h5-9,11-14,24,26-27,37H,10,15-19H2,1-4H3,(H,31,35)(H,32,38)(H,33,36)/t24-,26-,27+/m0/s1. The number of rotatable bonds is 12. The molecule has 2 aromatic carbocycles. The Balaban J connectivity index is 1.73. The third kappa shape index (κ3) is 8.56. The van der Waals surface area contributed by atoms with Crippen LogP contribution in [0.3, 0.4) is 0 Å². The van der Waals surface area contributed by atoms with Crippen LogP contribution in [0, 0.1) is 6.92 Å². The van der Waals surface area contributed by atoms with E-state index in [2.05, 4.69) is 16.0 Å². The summed E-state index contributed by atoms with van der Waals surface area (Å²) in [5.41, 5.74) is 2.89. The molecule has 40 heavy (non-hydrogen) atoms. The first-order valence-electron chi connectivity index (χ1n) is 13.5. The van der Waals surface area contributed by atoms with Gasteiger partial charge in [0.15, 0.2) is 6.10 Å². The number of amides is 4. The van der Waals surface area contributed by atoms with Crippen LogP contribution in [-0.4, -0.2) is 69.0 Å². The average molecular weight is 569 g/mol. The molecule has 1 aliphatic rings. The molecule has 1 aliphatic heterocycles.